The molecule has 0 saturated heterocycles. The van der Waals surface area contributed by atoms with Gasteiger partial charge >= 0.3 is 0 Å². The maximum absolute atomic E-state index is 3.62. The van der Waals surface area contributed by atoms with Crippen LogP contribution in [0.3, 0.4) is 0 Å². The lowest BCUT2D eigenvalue weighted by molar-refractivity contribution is 0.669. The smallest absolute Gasteiger partial charge is 0.127 e. The fourth-order valence-corrected chi connectivity index (χ4v) is 5.92. The Labute approximate surface area is 120 Å². The number of fused-ring (bicyclic) bond motifs is 2. The normalized spacial score (nSPS) is 26.2. The first-order valence-electron chi connectivity index (χ1n) is 7.31. The van der Waals surface area contributed by atoms with Gasteiger partial charge in [-0.15, -0.1) is 5.54 Å². The van der Waals surface area contributed by atoms with Crippen molar-refractivity contribution in [2.75, 3.05) is 0 Å². The summed E-state index contributed by atoms with van der Waals surface area (Å²) >= 11 is 0. The Kier molecular flexibility index (Phi) is 3.81. The SMILES string of the molecule is C[Si](C)(C)C#CC1=C([Si](C)(C)C)C2C=CC=CC1C2. The molecule has 2 bridgehead atoms. The van der Waals surface area contributed by atoms with Crippen LogP contribution in [-0.4, -0.2) is 16.1 Å². The summed E-state index contributed by atoms with van der Waals surface area (Å²) in [6, 6.07) is 0. The van der Waals surface area contributed by atoms with Crippen molar-refractivity contribution < 1.29 is 0 Å². The van der Waals surface area contributed by atoms with Gasteiger partial charge in [-0.2, -0.15) is 0 Å². The largest absolute Gasteiger partial charge is 0.129 e. The van der Waals surface area contributed by atoms with Gasteiger partial charge in [0.1, 0.15) is 8.07 Å². The second kappa shape index (κ2) is 4.96. The molecule has 0 nitrogen and oxygen atoms in total. The van der Waals surface area contributed by atoms with Gasteiger partial charge in [0.25, 0.3) is 0 Å². The van der Waals surface area contributed by atoms with Gasteiger partial charge in [0.2, 0.25) is 0 Å². The average molecular weight is 287 g/mol. The molecule has 0 amide bonds. The molecule has 2 rings (SSSR count). The van der Waals surface area contributed by atoms with Crippen molar-refractivity contribution in [1.82, 2.24) is 0 Å². The van der Waals surface area contributed by atoms with Gasteiger partial charge in [-0.25, -0.2) is 0 Å². The fraction of sp³-hybridized carbons (Fsp3) is 0.529. The van der Waals surface area contributed by atoms with Crippen LogP contribution in [0.2, 0.25) is 39.3 Å². The topological polar surface area (TPSA) is 0 Å². The zero-order valence-electron chi connectivity index (χ0n) is 13.2. The van der Waals surface area contributed by atoms with E-state index in [9.17, 15) is 0 Å². The van der Waals surface area contributed by atoms with Crippen LogP contribution < -0.4 is 0 Å². The van der Waals surface area contributed by atoms with Crippen molar-refractivity contribution in [2.45, 2.75) is 45.7 Å². The first kappa shape index (κ1) is 14.6. The highest BCUT2D eigenvalue weighted by atomic mass is 28.3. The van der Waals surface area contributed by atoms with Crippen molar-refractivity contribution in [2.24, 2.45) is 11.8 Å². The van der Waals surface area contributed by atoms with Crippen molar-refractivity contribution in [3.8, 4) is 11.5 Å². The Morgan fingerprint density at radius 1 is 0.947 bits per heavy atom. The third kappa shape index (κ3) is 3.40. The third-order valence-electron chi connectivity index (χ3n) is 3.72. The van der Waals surface area contributed by atoms with E-state index in [1.807, 2.05) is 0 Å². The van der Waals surface area contributed by atoms with Crippen LogP contribution >= 0.6 is 0 Å². The van der Waals surface area contributed by atoms with Crippen LogP contribution in [0.15, 0.2) is 35.1 Å². The zero-order chi connectivity index (χ0) is 14.3. The summed E-state index contributed by atoms with van der Waals surface area (Å²) in [6.07, 6.45) is 10.4. The Balaban J connectivity index is 2.52. The number of hydrogen-bond acceptors (Lipinski definition) is 0. The highest BCUT2D eigenvalue weighted by molar-refractivity contribution is 6.84. The molecular formula is C17H26Si2. The van der Waals surface area contributed by atoms with Crippen LogP contribution in [0.4, 0.5) is 0 Å². The summed E-state index contributed by atoms with van der Waals surface area (Å²) in [5, 5.41) is 1.71. The molecule has 102 valence electrons. The van der Waals surface area contributed by atoms with Crippen molar-refractivity contribution >= 4 is 16.1 Å². The molecular weight excluding hydrogens is 260 g/mol. The molecule has 2 aliphatic carbocycles. The van der Waals surface area contributed by atoms with Gasteiger partial charge < -0.3 is 0 Å². The minimum absolute atomic E-state index is 0.575. The molecule has 2 unspecified atom stereocenters. The average Bonchev–Trinajstić information content (AvgIpc) is 2.38. The molecule has 0 N–H and O–H groups in total. The van der Waals surface area contributed by atoms with E-state index in [1.165, 1.54) is 12.0 Å². The minimum atomic E-state index is -1.29. The van der Waals surface area contributed by atoms with Crippen LogP contribution in [0.25, 0.3) is 0 Å². The van der Waals surface area contributed by atoms with E-state index >= 15 is 0 Å². The second-order valence-electron chi connectivity index (χ2n) is 7.80. The summed E-state index contributed by atoms with van der Waals surface area (Å²) < 4.78 is 0. The lowest BCUT2D eigenvalue weighted by atomic mass is 10.0. The first-order valence-corrected chi connectivity index (χ1v) is 14.3. The minimum Gasteiger partial charge on any atom is -0.127 e. The summed E-state index contributed by atoms with van der Waals surface area (Å²) in [5.74, 6) is 4.84. The van der Waals surface area contributed by atoms with E-state index in [2.05, 4.69) is 75.1 Å². The van der Waals surface area contributed by atoms with Crippen LogP contribution in [0.5, 0.6) is 0 Å². The summed E-state index contributed by atoms with van der Waals surface area (Å²) in [4.78, 5) is 0. The lowest BCUT2D eigenvalue weighted by Gasteiger charge is -2.24. The second-order valence-corrected chi connectivity index (χ2v) is 17.6. The molecule has 0 radical (unpaired) electrons. The number of hydrogen-bond donors (Lipinski definition) is 0. The Morgan fingerprint density at radius 2 is 1.53 bits per heavy atom. The van der Waals surface area contributed by atoms with E-state index in [0.29, 0.717) is 11.8 Å². The Morgan fingerprint density at radius 3 is 2.05 bits per heavy atom. The van der Waals surface area contributed by atoms with Crippen LogP contribution in [0, 0.1) is 23.3 Å². The molecule has 2 aliphatic rings. The monoisotopic (exact) mass is 286 g/mol. The molecule has 19 heavy (non-hydrogen) atoms. The van der Waals surface area contributed by atoms with Gasteiger partial charge in [0, 0.05) is 11.5 Å². The third-order valence-corrected chi connectivity index (χ3v) is 6.85. The van der Waals surface area contributed by atoms with Crippen LogP contribution in [-0.2, 0) is 0 Å². The molecule has 2 atom stereocenters. The van der Waals surface area contributed by atoms with E-state index in [4.69, 9.17) is 0 Å². The predicted molar refractivity (Wildman–Crippen MR) is 91.4 cm³/mol. The van der Waals surface area contributed by atoms with Crippen molar-refractivity contribution in [3.05, 3.63) is 35.1 Å². The van der Waals surface area contributed by atoms with E-state index in [0.717, 1.165) is 0 Å². The Hall–Kier alpha value is -0.786. The highest BCUT2D eigenvalue weighted by Gasteiger charge is 2.37. The molecule has 0 aromatic rings. The van der Waals surface area contributed by atoms with Gasteiger partial charge in [-0.05, 0) is 12.3 Å². The van der Waals surface area contributed by atoms with E-state index in [-0.39, 0.29) is 0 Å². The quantitative estimate of drug-likeness (QED) is 0.479. The Bertz CT molecular complexity index is 510. The lowest BCUT2D eigenvalue weighted by Crippen LogP contribution is -2.28. The molecule has 0 heterocycles. The number of allylic oxidation sites excluding steroid dienone is 6. The van der Waals surface area contributed by atoms with Gasteiger partial charge in [0.05, 0.1) is 8.07 Å². The molecule has 0 aromatic heterocycles. The first-order chi connectivity index (χ1) is 8.68. The summed E-state index contributed by atoms with van der Waals surface area (Å²) in [6.45, 7) is 14.4. The van der Waals surface area contributed by atoms with E-state index in [1.54, 1.807) is 5.20 Å². The standard InChI is InChI=1S/C17H26Si2/c1-18(2,3)12-11-16-14-9-7-8-10-15(13-14)17(16)19(4,5)6/h7-10,14-15H,13H2,1-6H3. The van der Waals surface area contributed by atoms with E-state index < -0.39 is 16.1 Å². The van der Waals surface area contributed by atoms with Crippen LogP contribution in [0.1, 0.15) is 6.42 Å². The maximum Gasteiger partial charge on any atom is 0.129 e. The van der Waals surface area contributed by atoms with Gasteiger partial charge in [0.15, 0.2) is 0 Å². The zero-order valence-corrected chi connectivity index (χ0v) is 15.2. The van der Waals surface area contributed by atoms with Gasteiger partial charge in [-0.3, -0.25) is 0 Å². The van der Waals surface area contributed by atoms with Gasteiger partial charge in [-0.1, -0.05) is 74.7 Å². The summed E-state index contributed by atoms with van der Waals surface area (Å²) in [5.41, 5.74) is 5.07. The molecule has 0 saturated carbocycles. The maximum atomic E-state index is 3.62. The van der Waals surface area contributed by atoms with Crippen molar-refractivity contribution in [1.29, 1.82) is 0 Å². The highest BCUT2D eigenvalue weighted by Crippen LogP contribution is 2.43. The summed E-state index contributed by atoms with van der Waals surface area (Å²) in [7, 11) is -2.58. The predicted octanol–water partition coefficient (Wildman–Crippen LogP) is 4.80. The molecule has 0 fully saturated rings. The fourth-order valence-electron chi connectivity index (χ4n) is 3.03. The molecule has 0 aliphatic heterocycles. The molecule has 0 spiro atoms. The van der Waals surface area contributed by atoms with Crippen molar-refractivity contribution in [3.63, 3.8) is 0 Å². The molecule has 2 heteroatoms. The number of rotatable bonds is 1. The molecule has 0 aromatic carbocycles.